The van der Waals surface area contributed by atoms with Crippen molar-refractivity contribution in [2.75, 3.05) is 6.54 Å². The Labute approximate surface area is 91.1 Å². The first-order chi connectivity index (χ1) is 7.33. The van der Waals surface area contributed by atoms with Crippen LogP contribution in [0.3, 0.4) is 0 Å². The van der Waals surface area contributed by atoms with Gasteiger partial charge in [0.1, 0.15) is 0 Å². The van der Waals surface area contributed by atoms with E-state index in [0.717, 1.165) is 23.6 Å². The quantitative estimate of drug-likeness (QED) is 0.810. The summed E-state index contributed by atoms with van der Waals surface area (Å²) in [5, 5.41) is 3.61. The molecule has 0 amide bonds. The number of nitrogens with one attached hydrogen (secondary N) is 1. The lowest BCUT2D eigenvalue weighted by Crippen LogP contribution is -2.19. The molecule has 0 saturated heterocycles. The van der Waals surface area contributed by atoms with Crippen molar-refractivity contribution in [1.82, 2.24) is 10.3 Å². The predicted molar refractivity (Wildman–Crippen MR) is 60.8 cm³/mol. The van der Waals surface area contributed by atoms with E-state index < -0.39 is 0 Å². The zero-order valence-electron chi connectivity index (χ0n) is 9.24. The molecule has 15 heavy (non-hydrogen) atoms. The number of rotatable bonds is 4. The molecule has 2 fully saturated rings. The molecule has 2 heteroatoms. The van der Waals surface area contributed by atoms with E-state index in [9.17, 15) is 0 Å². The van der Waals surface area contributed by atoms with Crippen LogP contribution >= 0.6 is 0 Å². The van der Waals surface area contributed by atoms with Crippen LogP contribution in [0, 0.1) is 12.8 Å². The summed E-state index contributed by atoms with van der Waals surface area (Å²) in [4.78, 5) is 4.36. The van der Waals surface area contributed by atoms with E-state index >= 15 is 0 Å². The van der Waals surface area contributed by atoms with Crippen molar-refractivity contribution in [3.05, 3.63) is 29.6 Å². The first kappa shape index (κ1) is 9.34. The van der Waals surface area contributed by atoms with Crippen LogP contribution in [0.4, 0.5) is 0 Å². The molecule has 2 nitrogen and oxygen atoms in total. The third-order valence-electron chi connectivity index (χ3n) is 3.53. The monoisotopic (exact) mass is 202 g/mol. The second-order valence-electron chi connectivity index (χ2n) is 5.02. The minimum absolute atomic E-state index is 0.782. The SMILES string of the molecule is Cc1ccc(C2CC2CNC2CC2)cn1. The Morgan fingerprint density at radius 3 is 2.93 bits per heavy atom. The van der Waals surface area contributed by atoms with Gasteiger partial charge in [-0.2, -0.15) is 0 Å². The van der Waals surface area contributed by atoms with Gasteiger partial charge in [-0.15, -0.1) is 0 Å². The number of hydrogen-bond acceptors (Lipinski definition) is 2. The van der Waals surface area contributed by atoms with Crippen LogP contribution in [0.2, 0.25) is 0 Å². The minimum Gasteiger partial charge on any atom is -0.314 e. The number of aromatic nitrogens is 1. The third kappa shape index (κ3) is 2.20. The van der Waals surface area contributed by atoms with Gasteiger partial charge in [-0.05, 0) is 56.2 Å². The van der Waals surface area contributed by atoms with E-state index in [4.69, 9.17) is 0 Å². The second kappa shape index (κ2) is 3.60. The normalized spacial score (nSPS) is 29.1. The maximum absolute atomic E-state index is 4.36. The number of hydrogen-bond donors (Lipinski definition) is 1. The van der Waals surface area contributed by atoms with Crippen molar-refractivity contribution in [2.24, 2.45) is 5.92 Å². The second-order valence-corrected chi connectivity index (χ2v) is 5.02. The van der Waals surface area contributed by atoms with Crippen molar-refractivity contribution in [2.45, 2.75) is 38.1 Å². The van der Waals surface area contributed by atoms with Crippen LogP contribution in [0.1, 0.15) is 36.4 Å². The highest BCUT2D eigenvalue weighted by Crippen LogP contribution is 2.47. The van der Waals surface area contributed by atoms with E-state index in [2.05, 4.69) is 28.6 Å². The lowest BCUT2D eigenvalue weighted by molar-refractivity contribution is 0.623. The summed E-state index contributed by atoms with van der Waals surface area (Å²) >= 11 is 0. The summed E-state index contributed by atoms with van der Waals surface area (Å²) in [5.41, 5.74) is 2.55. The molecule has 2 unspecified atom stereocenters. The fourth-order valence-corrected chi connectivity index (χ4v) is 2.19. The molecular weight excluding hydrogens is 184 g/mol. The fourth-order valence-electron chi connectivity index (χ4n) is 2.19. The largest absolute Gasteiger partial charge is 0.314 e. The average Bonchev–Trinajstić information content (AvgIpc) is 3.12. The molecule has 1 heterocycles. The number of aryl methyl sites for hydroxylation is 1. The van der Waals surface area contributed by atoms with Gasteiger partial charge in [-0.3, -0.25) is 4.98 Å². The van der Waals surface area contributed by atoms with Crippen LogP contribution in [0.15, 0.2) is 18.3 Å². The molecule has 1 aromatic heterocycles. The highest BCUT2D eigenvalue weighted by Gasteiger charge is 2.38. The summed E-state index contributed by atoms with van der Waals surface area (Å²) in [6.07, 6.45) is 6.19. The summed E-state index contributed by atoms with van der Waals surface area (Å²) in [6.45, 7) is 3.26. The Morgan fingerprint density at radius 1 is 1.40 bits per heavy atom. The van der Waals surface area contributed by atoms with Crippen LogP contribution in [-0.4, -0.2) is 17.6 Å². The molecule has 0 spiro atoms. The van der Waals surface area contributed by atoms with E-state index in [1.165, 1.54) is 31.4 Å². The molecule has 2 aliphatic rings. The Morgan fingerprint density at radius 2 is 2.27 bits per heavy atom. The van der Waals surface area contributed by atoms with Crippen LogP contribution in [0.25, 0.3) is 0 Å². The molecule has 2 aliphatic carbocycles. The molecule has 0 radical (unpaired) electrons. The Kier molecular flexibility index (Phi) is 2.24. The molecule has 0 aromatic carbocycles. The highest BCUT2D eigenvalue weighted by molar-refractivity contribution is 5.24. The van der Waals surface area contributed by atoms with Crippen LogP contribution in [-0.2, 0) is 0 Å². The van der Waals surface area contributed by atoms with Crippen molar-refractivity contribution in [1.29, 1.82) is 0 Å². The minimum atomic E-state index is 0.782. The van der Waals surface area contributed by atoms with Gasteiger partial charge in [-0.25, -0.2) is 0 Å². The molecule has 3 rings (SSSR count). The van der Waals surface area contributed by atoms with Gasteiger partial charge in [-0.1, -0.05) is 6.07 Å². The molecule has 0 bridgehead atoms. The molecule has 80 valence electrons. The molecular formula is C13H18N2. The van der Waals surface area contributed by atoms with Gasteiger partial charge in [0.05, 0.1) is 0 Å². The topological polar surface area (TPSA) is 24.9 Å². The van der Waals surface area contributed by atoms with Gasteiger partial charge in [0.15, 0.2) is 0 Å². The first-order valence-electron chi connectivity index (χ1n) is 5.99. The van der Waals surface area contributed by atoms with Gasteiger partial charge in [0, 0.05) is 17.9 Å². The van der Waals surface area contributed by atoms with Gasteiger partial charge in [0.2, 0.25) is 0 Å². The van der Waals surface area contributed by atoms with Crippen molar-refractivity contribution in [3.8, 4) is 0 Å². The van der Waals surface area contributed by atoms with Gasteiger partial charge in [0.25, 0.3) is 0 Å². The fraction of sp³-hybridized carbons (Fsp3) is 0.615. The summed E-state index contributed by atoms with van der Waals surface area (Å²) in [7, 11) is 0. The lowest BCUT2D eigenvalue weighted by Gasteiger charge is -2.02. The Bertz CT molecular complexity index is 340. The number of pyridine rings is 1. The molecule has 1 N–H and O–H groups in total. The summed E-state index contributed by atoms with van der Waals surface area (Å²) < 4.78 is 0. The zero-order chi connectivity index (χ0) is 10.3. The highest BCUT2D eigenvalue weighted by atomic mass is 15.0. The molecule has 1 aromatic rings. The molecule has 0 aliphatic heterocycles. The molecule has 2 saturated carbocycles. The Hall–Kier alpha value is -0.890. The maximum atomic E-state index is 4.36. The van der Waals surface area contributed by atoms with E-state index in [0.29, 0.717) is 0 Å². The number of nitrogens with zero attached hydrogens (tertiary/aromatic N) is 1. The Balaban J connectivity index is 1.54. The lowest BCUT2D eigenvalue weighted by atomic mass is 10.1. The van der Waals surface area contributed by atoms with Crippen LogP contribution < -0.4 is 5.32 Å². The average molecular weight is 202 g/mol. The summed E-state index contributed by atoms with van der Waals surface area (Å²) in [5.74, 6) is 1.65. The summed E-state index contributed by atoms with van der Waals surface area (Å²) in [6, 6.07) is 5.21. The smallest absolute Gasteiger partial charge is 0.0372 e. The van der Waals surface area contributed by atoms with Crippen LogP contribution in [0.5, 0.6) is 0 Å². The van der Waals surface area contributed by atoms with E-state index in [-0.39, 0.29) is 0 Å². The predicted octanol–water partition coefficient (Wildman–Crippen LogP) is 2.25. The zero-order valence-corrected chi connectivity index (χ0v) is 9.24. The maximum Gasteiger partial charge on any atom is 0.0372 e. The first-order valence-corrected chi connectivity index (χ1v) is 5.99. The van der Waals surface area contributed by atoms with Crippen molar-refractivity contribution < 1.29 is 0 Å². The van der Waals surface area contributed by atoms with Gasteiger partial charge >= 0.3 is 0 Å². The van der Waals surface area contributed by atoms with Crippen molar-refractivity contribution in [3.63, 3.8) is 0 Å². The third-order valence-corrected chi connectivity index (χ3v) is 3.53. The molecule has 2 atom stereocenters. The van der Waals surface area contributed by atoms with Gasteiger partial charge < -0.3 is 5.32 Å². The standard InChI is InChI=1S/C13H18N2/c1-9-2-3-10(7-14-9)13-6-11(13)8-15-12-4-5-12/h2-3,7,11-13,15H,4-6,8H2,1H3. The van der Waals surface area contributed by atoms with Crippen molar-refractivity contribution >= 4 is 0 Å². The van der Waals surface area contributed by atoms with E-state index in [1.54, 1.807) is 0 Å². The van der Waals surface area contributed by atoms with E-state index in [1.807, 2.05) is 6.92 Å².